The maximum absolute atomic E-state index is 12.5. The van der Waals surface area contributed by atoms with Crippen LogP contribution in [-0.2, 0) is 11.3 Å². The molecule has 0 unspecified atom stereocenters. The van der Waals surface area contributed by atoms with Crippen LogP contribution >= 0.6 is 50.9 Å². The molecule has 3 rings (SSSR count). The summed E-state index contributed by atoms with van der Waals surface area (Å²) < 4.78 is 0.945. The Balaban J connectivity index is 1.85. The molecule has 0 aromatic heterocycles. The van der Waals surface area contributed by atoms with Crippen LogP contribution in [0.3, 0.4) is 0 Å². The average molecular weight is 443 g/mol. The van der Waals surface area contributed by atoms with E-state index in [1.54, 1.807) is 24.3 Å². The maximum Gasteiger partial charge on any atom is 0.293 e. The predicted molar refractivity (Wildman–Crippen MR) is 102 cm³/mol. The van der Waals surface area contributed by atoms with Crippen molar-refractivity contribution in [2.45, 2.75) is 6.54 Å². The normalized spacial score (nSPS) is 16.3. The molecule has 2 aromatic carbocycles. The molecule has 1 saturated heterocycles. The van der Waals surface area contributed by atoms with Gasteiger partial charge < -0.3 is 0 Å². The molecule has 24 heavy (non-hydrogen) atoms. The second-order valence-electron chi connectivity index (χ2n) is 5.02. The first-order valence-corrected chi connectivity index (χ1v) is 9.26. The summed E-state index contributed by atoms with van der Waals surface area (Å²) in [6, 6.07) is 12.6. The third kappa shape index (κ3) is 3.70. The molecule has 0 bridgehead atoms. The van der Waals surface area contributed by atoms with Crippen molar-refractivity contribution < 1.29 is 9.59 Å². The molecule has 2 amide bonds. The maximum atomic E-state index is 12.5. The van der Waals surface area contributed by atoms with Gasteiger partial charge in [0.1, 0.15) is 0 Å². The lowest BCUT2D eigenvalue weighted by Gasteiger charge is -2.14. The van der Waals surface area contributed by atoms with E-state index in [4.69, 9.17) is 23.2 Å². The molecular weight excluding hydrogens is 433 g/mol. The Labute approximate surface area is 161 Å². The largest absolute Gasteiger partial charge is 0.293 e. The Bertz CT molecular complexity index is 832. The van der Waals surface area contributed by atoms with E-state index in [9.17, 15) is 9.59 Å². The van der Waals surface area contributed by atoms with Crippen molar-refractivity contribution in [1.82, 2.24) is 4.90 Å². The Kier molecular flexibility index (Phi) is 5.35. The van der Waals surface area contributed by atoms with Crippen LogP contribution in [0.4, 0.5) is 4.79 Å². The average Bonchev–Trinajstić information content (AvgIpc) is 2.80. The lowest BCUT2D eigenvalue weighted by Crippen LogP contribution is -2.27. The van der Waals surface area contributed by atoms with Crippen LogP contribution in [0.25, 0.3) is 6.08 Å². The summed E-state index contributed by atoms with van der Waals surface area (Å²) in [5.74, 6) is -0.344. The van der Waals surface area contributed by atoms with E-state index in [0.29, 0.717) is 20.5 Å². The van der Waals surface area contributed by atoms with E-state index in [1.807, 2.05) is 24.3 Å². The fraction of sp³-hybridized carbons (Fsp3) is 0.0588. The van der Waals surface area contributed by atoms with Gasteiger partial charge in [0.05, 0.1) is 11.4 Å². The topological polar surface area (TPSA) is 37.4 Å². The Morgan fingerprint density at radius 3 is 2.29 bits per heavy atom. The molecule has 1 aliphatic rings. The molecule has 1 aliphatic heterocycles. The number of thioether (sulfide) groups is 1. The SMILES string of the molecule is O=C1S/C(=C\c2ccc(Br)cc2)C(=O)N1Cc1c(Cl)cccc1Cl. The molecule has 1 heterocycles. The third-order valence-corrected chi connectivity index (χ3v) is 5.56. The van der Waals surface area contributed by atoms with Crippen molar-refractivity contribution in [2.75, 3.05) is 0 Å². The Hall–Kier alpha value is -1.27. The van der Waals surface area contributed by atoms with Gasteiger partial charge in [0.2, 0.25) is 0 Å². The molecule has 7 heteroatoms. The summed E-state index contributed by atoms with van der Waals surface area (Å²) in [6.07, 6.45) is 1.70. The molecule has 1 fully saturated rings. The number of hydrogen-bond donors (Lipinski definition) is 0. The van der Waals surface area contributed by atoms with E-state index in [-0.39, 0.29) is 17.7 Å². The number of benzene rings is 2. The highest BCUT2D eigenvalue weighted by Crippen LogP contribution is 2.35. The minimum Gasteiger partial charge on any atom is -0.268 e. The van der Waals surface area contributed by atoms with Gasteiger partial charge in [-0.15, -0.1) is 0 Å². The Morgan fingerprint density at radius 2 is 1.67 bits per heavy atom. The first-order valence-electron chi connectivity index (χ1n) is 6.89. The summed E-state index contributed by atoms with van der Waals surface area (Å²) in [5.41, 5.74) is 1.41. The summed E-state index contributed by atoms with van der Waals surface area (Å²) in [7, 11) is 0. The van der Waals surface area contributed by atoms with Gasteiger partial charge in [-0.3, -0.25) is 14.5 Å². The van der Waals surface area contributed by atoms with Crippen LogP contribution in [0, 0.1) is 0 Å². The van der Waals surface area contributed by atoms with E-state index >= 15 is 0 Å². The second kappa shape index (κ2) is 7.31. The number of carbonyl (C=O) groups excluding carboxylic acids is 2. The van der Waals surface area contributed by atoms with Gasteiger partial charge in [0, 0.05) is 20.1 Å². The van der Waals surface area contributed by atoms with Gasteiger partial charge in [-0.05, 0) is 47.7 Å². The first-order chi connectivity index (χ1) is 11.5. The van der Waals surface area contributed by atoms with E-state index in [1.165, 1.54) is 0 Å². The van der Waals surface area contributed by atoms with Crippen LogP contribution in [0.2, 0.25) is 10.0 Å². The summed E-state index contributed by atoms with van der Waals surface area (Å²) in [6.45, 7) is 0.0564. The fourth-order valence-corrected chi connectivity index (χ4v) is 3.81. The smallest absolute Gasteiger partial charge is 0.268 e. The third-order valence-electron chi connectivity index (χ3n) is 3.42. The number of rotatable bonds is 3. The van der Waals surface area contributed by atoms with Crippen molar-refractivity contribution in [2.24, 2.45) is 0 Å². The van der Waals surface area contributed by atoms with Gasteiger partial charge in [-0.1, -0.05) is 57.3 Å². The van der Waals surface area contributed by atoms with Gasteiger partial charge in [0.25, 0.3) is 11.1 Å². The minimum absolute atomic E-state index is 0.0564. The van der Waals surface area contributed by atoms with Crippen LogP contribution in [0.5, 0.6) is 0 Å². The van der Waals surface area contributed by atoms with Crippen LogP contribution in [-0.4, -0.2) is 16.0 Å². The fourth-order valence-electron chi connectivity index (χ4n) is 2.19. The van der Waals surface area contributed by atoms with Crippen molar-refractivity contribution in [1.29, 1.82) is 0 Å². The first kappa shape index (κ1) is 17.5. The molecule has 0 N–H and O–H groups in total. The summed E-state index contributed by atoms with van der Waals surface area (Å²) >= 11 is 16.5. The van der Waals surface area contributed by atoms with Crippen molar-refractivity contribution in [3.63, 3.8) is 0 Å². The van der Waals surface area contributed by atoms with Gasteiger partial charge in [-0.25, -0.2) is 0 Å². The zero-order chi connectivity index (χ0) is 17.3. The predicted octanol–water partition coefficient (Wildman–Crippen LogP) is 5.99. The molecule has 0 atom stereocenters. The van der Waals surface area contributed by atoms with Crippen molar-refractivity contribution >= 4 is 68.1 Å². The number of hydrogen-bond acceptors (Lipinski definition) is 3. The van der Waals surface area contributed by atoms with Crippen LogP contribution < -0.4 is 0 Å². The number of amides is 2. The van der Waals surface area contributed by atoms with E-state index in [2.05, 4.69) is 15.9 Å². The van der Waals surface area contributed by atoms with Crippen LogP contribution in [0.1, 0.15) is 11.1 Å². The number of carbonyl (C=O) groups is 2. The molecule has 0 spiro atoms. The minimum atomic E-state index is -0.344. The highest BCUT2D eigenvalue weighted by atomic mass is 79.9. The molecule has 0 saturated carbocycles. The molecule has 0 radical (unpaired) electrons. The summed E-state index contributed by atoms with van der Waals surface area (Å²) in [5, 5.41) is 0.524. The number of nitrogens with zero attached hydrogens (tertiary/aromatic N) is 1. The van der Waals surface area contributed by atoms with Gasteiger partial charge >= 0.3 is 0 Å². The van der Waals surface area contributed by atoms with Crippen LogP contribution in [0.15, 0.2) is 51.8 Å². The Morgan fingerprint density at radius 1 is 1.04 bits per heavy atom. The lowest BCUT2D eigenvalue weighted by molar-refractivity contribution is -0.123. The zero-order valence-corrected chi connectivity index (χ0v) is 16.0. The van der Waals surface area contributed by atoms with Crippen molar-refractivity contribution in [3.8, 4) is 0 Å². The monoisotopic (exact) mass is 441 g/mol. The van der Waals surface area contributed by atoms with Gasteiger partial charge in [-0.2, -0.15) is 0 Å². The quantitative estimate of drug-likeness (QED) is 0.547. The highest BCUT2D eigenvalue weighted by Gasteiger charge is 2.35. The molecule has 2 aromatic rings. The molecule has 3 nitrogen and oxygen atoms in total. The standard InChI is InChI=1S/C17H10BrCl2NO2S/c18-11-6-4-10(5-7-11)8-15-16(22)21(17(23)24-15)9-12-13(19)2-1-3-14(12)20/h1-8H,9H2/b15-8-. The van der Waals surface area contributed by atoms with Crippen molar-refractivity contribution in [3.05, 3.63) is 73.0 Å². The van der Waals surface area contributed by atoms with Gasteiger partial charge in [0.15, 0.2) is 0 Å². The molecular formula is C17H10BrCl2NO2S. The second-order valence-corrected chi connectivity index (χ2v) is 7.74. The number of halogens is 3. The summed E-state index contributed by atoms with van der Waals surface area (Å²) in [4.78, 5) is 26.3. The van der Waals surface area contributed by atoms with E-state index in [0.717, 1.165) is 26.7 Å². The highest BCUT2D eigenvalue weighted by molar-refractivity contribution is 9.10. The molecule has 122 valence electrons. The zero-order valence-electron chi connectivity index (χ0n) is 12.1. The van der Waals surface area contributed by atoms with E-state index < -0.39 is 0 Å². The molecule has 0 aliphatic carbocycles. The lowest BCUT2D eigenvalue weighted by atomic mass is 10.2. The number of imide groups is 1.